The van der Waals surface area contributed by atoms with Gasteiger partial charge in [0.25, 0.3) is 0 Å². The molecule has 2 aliphatic carbocycles. The van der Waals surface area contributed by atoms with Crippen LogP contribution in [-0.2, 0) is 25.9 Å². The summed E-state index contributed by atoms with van der Waals surface area (Å²) in [5.74, 6) is 1.44. The van der Waals surface area contributed by atoms with E-state index in [1.54, 1.807) is 0 Å². The van der Waals surface area contributed by atoms with Crippen LogP contribution in [0.25, 0.3) is 11.4 Å². The summed E-state index contributed by atoms with van der Waals surface area (Å²) in [6.07, 6.45) is 8.89. The first-order chi connectivity index (χ1) is 14.3. The summed E-state index contributed by atoms with van der Waals surface area (Å²) in [7, 11) is 0. The normalized spacial score (nSPS) is 23.4. The molecule has 5 nitrogen and oxygen atoms in total. The van der Waals surface area contributed by atoms with Gasteiger partial charge in [-0.3, -0.25) is 4.98 Å². The highest BCUT2D eigenvalue weighted by atomic mass is 16.3. The topological polar surface area (TPSA) is 63.0 Å². The number of aromatic nitrogens is 3. The predicted octanol–water partition coefficient (Wildman–Crippen LogP) is 3.36. The lowest BCUT2D eigenvalue weighted by molar-refractivity contribution is 0.145. The molecule has 2 aliphatic rings. The third-order valence-corrected chi connectivity index (χ3v) is 6.36. The first kappa shape index (κ1) is 18.5. The summed E-state index contributed by atoms with van der Waals surface area (Å²) in [5, 5.41) is 14.2. The van der Waals surface area contributed by atoms with Crippen LogP contribution in [0.15, 0.2) is 54.9 Å². The molecule has 1 aromatic carbocycles. The zero-order chi connectivity index (χ0) is 19.6. The second kappa shape index (κ2) is 8.09. The van der Waals surface area contributed by atoms with Gasteiger partial charge in [-0.15, -0.1) is 0 Å². The molecule has 5 rings (SSSR count). The van der Waals surface area contributed by atoms with Gasteiger partial charge in [-0.1, -0.05) is 36.4 Å². The minimum atomic E-state index is -0.307. The molecular formula is C24H28N4O. The Kier molecular flexibility index (Phi) is 5.17. The Morgan fingerprint density at radius 1 is 1.07 bits per heavy atom. The van der Waals surface area contributed by atoms with Gasteiger partial charge in [0, 0.05) is 42.8 Å². The lowest BCUT2D eigenvalue weighted by atomic mass is 10.1. The van der Waals surface area contributed by atoms with Crippen LogP contribution in [0.4, 0.5) is 0 Å². The number of aliphatic hydroxyl groups is 1. The quantitative estimate of drug-likeness (QED) is 0.680. The Morgan fingerprint density at radius 3 is 2.86 bits per heavy atom. The van der Waals surface area contributed by atoms with E-state index in [0.29, 0.717) is 5.92 Å². The van der Waals surface area contributed by atoms with Crippen molar-refractivity contribution < 1.29 is 5.11 Å². The van der Waals surface area contributed by atoms with Crippen LogP contribution >= 0.6 is 0 Å². The summed E-state index contributed by atoms with van der Waals surface area (Å²) in [6.45, 7) is 1.61. The minimum Gasteiger partial charge on any atom is -0.391 e. The molecule has 1 saturated carbocycles. The predicted molar refractivity (Wildman–Crippen MR) is 113 cm³/mol. The summed E-state index contributed by atoms with van der Waals surface area (Å²) in [5.41, 5.74) is 4.89. The largest absolute Gasteiger partial charge is 0.391 e. The Hall–Kier alpha value is -2.50. The fourth-order valence-corrected chi connectivity index (χ4v) is 4.87. The highest BCUT2D eigenvalue weighted by Gasteiger charge is 2.33. The number of imidazole rings is 1. The highest BCUT2D eigenvalue weighted by Crippen LogP contribution is 2.29. The third kappa shape index (κ3) is 3.98. The van der Waals surface area contributed by atoms with Crippen molar-refractivity contribution in [2.45, 2.75) is 57.3 Å². The van der Waals surface area contributed by atoms with Crippen LogP contribution in [-0.4, -0.2) is 31.8 Å². The molecule has 3 atom stereocenters. The average Bonchev–Trinajstić information content (AvgIpc) is 3.47. The van der Waals surface area contributed by atoms with Crippen LogP contribution in [0.1, 0.15) is 36.2 Å². The van der Waals surface area contributed by atoms with E-state index in [1.807, 2.05) is 30.6 Å². The van der Waals surface area contributed by atoms with Gasteiger partial charge in [0.15, 0.2) is 0 Å². The Morgan fingerprint density at radius 2 is 1.97 bits per heavy atom. The maximum Gasteiger partial charge on any atom is 0.139 e. The number of nitrogens with one attached hydrogen (secondary N) is 1. The molecular weight excluding hydrogens is 360 g/mol. The van der Waals surface area contributed by atoms with E-state index in [-0.39, 0.29) is 12.1 Å². The minimum absolute atomic E-state index is 0.124. The van der Waals surface area contributed by atoms with E-state index in [9.17, 15) is 5.11 Å². The van der Waals surface area contributed by atoms with Gasteiger partial charge in [-0.05, 0) is 49.7 Å². The molecule has 0 radical (unpaired) electrons. The monoisotopic (exact) mass is 388 g/mol. The van der Waals surface area contributed by atoms with Gasteiger partial charge < -0.3 is 15.0 Å². The van der Waals surface area contributed by atoms with Crippen molar-refractivity contribution in [2.75, 3.05) is 0 Å². The number of hydrogen-bond acceptors (Lipinski definition) is 4. The summed E-state index contributed by atoms with van der Waals surface area (Å²) < 4.78 is 2.22. The van der Waals surface area contributed by atoms with Crippen molar-refractivity contribution in [3.05, 3.63) is 71.8 Å². The number of aliphatic hydroxyl groups excluding tert-OH is 1. The number of rotatable bonds is 6. The molecule has 0 aliphatic heterocycles. The fourth-order valence-electron chi connectivity index (χ4n) is 4.87. The van der Waals surface area contributed by atoms with Crippen molar-refractivity contribution in [1.82, 2.24) is 19.9 Å². The second-order valence-corrected chi connectivity index (χ2v) is 8.42. The van der Waals surface area contributed by atoms with E-state index in [4.69, 9.17) is 4.98 Å². The number of aryl methyl sites for hydroxylation is 2. The molecule has 0 amide bonds. The number of pyridine rings is 1. The van der Waals surface area contributed by atoms with Gasteiger partial charge in [-0.25, -0.2) is 4.98 Å². The maximum absolute atomic E-state index is 10.6. The van der Waals surface area contributed by atoms with Crippen molar-refractivity contribution in [2.24, 2.45) is 5.92 Å². The number of benzene rings is 1. The van der Waals surface area contributed by atoms with Gasteiger partial charge in [0.2, 0.25) is 0 Å². The molecule has 3 aromatic rings. The van der Waals surface area contributed by atoms with E-state index in [2.05, 4.69) is 39.1 Å². The van der Waals surface area contributed by atoms with Gasteiger partial charge in [0.1, 0.15) is 5.82 Å². The smallest absolute Gasteiger partial charge is 0.139 e. The molecule has 2 aromatic heterocycles. The van der Waals surface area contributed by atoms with E-state index in [1.165, 1.54) is 17.7 Å². The van der Waals surface area contributed by atoms with Crippen LogP contribution in [0.2, 0.25) is 0 Å². The molecule has 2 N–H and O–H groups in total. The molecule has 0 saturated heterocycles. The van der Waals surface area contributed by atoms with Crippen molar-refractivity contribution in [3.63, 3.8) is 0 Å². The number of hydrogen-bond donors (Lipinski definition) is 2. The zero-order valence-corrected chi connectivity index (χ0v) is 16.7. The fraction of sp³-hybridized carbons (Fsp3) is 0.417. The van der Waals surface area contributed by atoms with Gasteiger partial charge in [0.05, 0.1) is 11.8 Å². The van der Waals surface area contributed by atoms with Crippen molar-refractivity contribution >= 4 is 0 Å². The van der Waals surface area contributed by atoms with Crippen molar-refractivity contribution in [1.29, 1.82) is 0 Å². The highest BCUT2D eigenvalue weighted by molar-refractivity contribution is 5.55. The van der Waals surface area contributed by atoms with E-state index >= 15 is 0 Å². The van der Waals surface area contributed by atoms with Gasteiger partial charge in [-0.2, -0.15) is 0 Å². The Bertz CT molecular complexity index is 968. The van der Waals surface area contributed by atoms with Crippen LogP contribution in [0.5, 0.6) is 0 Å². The SMILES string of the molecule is O[C@@H]1CC(Cn2ccnc2-c2ccccc2)C[C@H]1NCc1ccc2c(n1)CCC2. The van der Waals surface area contributed by atoms with Crippen molar-refractivity contribution in [3.8, 4) is 11.4 Å². The lowest BCUT2D eigenvalue weighted by Crippen LogP contribution is -2.35. The molecule has 1 fully saturated rings. The molecule has 1 unspecified atom stereocenters. The first-order valence-corrected chi connectivity index (χ1v) is 10.7. The molecule has 2 heterocycles. The van der Waals surface area contributed by atoms with Crippen LogP contribution in [0, 0.1) is 5.92 Å². The molecule has 0 spiro atoms. The standard InChI is InChI=1S/C24H28N4O/c29-23-14-17(16-28-12-11-25-24(28)19-5-2-1-3-6-19)13-22(23)26-15-20-10-9-18-7-4-8-21(18)27-20/h1-3,5-6,9-12,17,22-23,26,29H,4,7-8,13-16H2/t17?,22-,23-/m1/s1. The number of fused-ring (bicyclic) bond motifs is 1. The zero-order valence-electron chi connectivity index (χ0n) is 16.7. The average molecular weight is 389 g/mol. The maximum atomic E-state index is 10.6. The lowest BCUT2D eigenvalue weighted by Gasteiger charge is -2.16. The summed E-state index contributed by atoms with van der Waals surface area (Å²) >= 11 is 0. The molecule has 5 heteroatoms. The number of nitrogens with zero attached hydrogens (tertiary/aromatic N) is 3. The first-order valence-electron chi connectivity index (χ1n) is 10.7. The molecule has 0 bridgehead atoms. The Balaban J connectivity index is 1.20. The van der Waals surface area contributed by atoms with E-state index in [0.717, 1.165) is 55.9 Å². The second-order valence-electron chi connectivity index (χ2n) is 8.42. The van der Waals surface area contributed by atoms with E-state index < -0.39 is 0 Å². The molecule has 150 valence electrons. The van der Waals surface area contributed by atoms with Crippen LogP contribution in [0.3, 0.4) is 0 Å². The third-order valence-electron chi connectivity index (χ3n) is 6.36. The molecule has 29 heavy (non-hydrogen) atoms. The summed E-state index contributed by atoms with van der Waals surface area (Å²) in [4.78, 5) is 9.36. The summed E-state index contributed by atoms with van der Waals surface area (Å²) in [6, 6.07) is 14.8. The van der Waals surface area contributed by atoms with Crippen LogP contribution < -0.4 is 5.32 Å². The van der Waals surface area contributed by atoms with Gasteiger partial charge >= 0.3 is 0 Å². The Labute approximate surface area is 171 Å².